The highest BCUT2D eigenvalue weighted by Crippen LogP contribution is 2.10. The predicted molar refractivity (Wildman–Crippen MR) is 60.7 cm³/mol. The first-order valence-corrected chi connectivity index (χ1v) is 5.00. The van der Waals surface area contributed by atoms with E-state index in [0.717, 1.165) is 11.1 Å². The fourth-order valence-electron chi connectivity index (χ4n) is 1.53. The molecule has 0 aliphatic carbocycles. The van der Waals surface area contributed by atoms with E-state index in [1.54, 1.807) is 24.5 Å². The third-order valence-corrected chi connectivity index (χ3v) is 2.26. The molecule has 2 aromatic rings. The van der Waals surface area contributed by atoms with Crippen molar-refractivity contribution < 1.29 is 0 Å². The molecule has 0 radical (unpaired) electrons. The normalized spacial score (nSPS) is 9.29. The maximum Gasteiger partial charge on any atom is 0.101 e. The van der Waals surface area contributed by atoms with Crippen molar-refractivity contribution in [1.29, 1.82) is 10.5 Å². The highest BCUT2D eigenvalue weighted by Gasteiger charge is 2.00. The molecule has 0 amide bonds. The van der Waals surface area contributed by atoms with Crippen LogP contribution in [0.15, 0.2) is 36.9 Å². The molecule has 4 nitrogen and oxygen atoms in total. The summed E-state index contributed by atoms with van der Waals surface area (Å²) in [5, 5.41) is 17.5. The Hall–Kier alpha value is -2.72. The lowest BCUT2D eigenvalue weighted by molar-refractivity contribution is 1.11. The van der Waals surface area contributed by atoms with Crippen LogP contribution in [0.1, 0.15) is 22.3 Å². The highest BCUT2D eigenvalue weighted by atomic mass is 14.6. The molecule has 0 spiro atoms. The van der Waals surface area contributed by atoms with Crippen molar-refractivity contribution in [2.24, 2.45) is 0 Å². The molecule has 0 saturated carbocycles. The van der Waals surface area contributed by atoms with E-state index in [0.29, 0.717) is 17.5 Å². The maximum absolute atomic E-state index is 8.76. The van der Waals surface area contributed by atoms with Crippen molar-refractivity contribution in [3.8, 4) is 12.1 Å². The van der Waals surface area contributed by atoms with Crippen LogP contribution < -0.4 is 0 Å². The number of hydrogen-bond acceptors (Lipinski definition) is 4. The van der Waals surface area contributed by atoms with Crippen LogP contribution in [-0.2, 0) is 6.42 Å². The summed E-state index contributed by atoms with van der Waals surface area (Å²) in [7, 11) is 0. The van der Waals surface area contributed by atoms with Crippen molar-refractivity contribution >= 4 is 0 Å². The average Bonchev–Trinajstić information content (AvgIpc) is 2.39. The van der Waals surface area contributed by atoms with Gasteiger partial charge in [-0.2, -0.15) is 10.5 Å². The van der Waals surface area contributed by atoms with Crippen molar-refractivity contribution in [2.45, 2.75) is 6.42 Å². The summed E-state index contributed by atoms with van der Waals surface area (Å²) in [6.07, 6.45) is 7.08. The van der Waals surface area contributed by atoms with Gasteiger partial charge in [0, 0.05) is 31.2 Å². The molecule has 0 fully saturated rings. The van der Waals surface area contributed by atoms with Crippen molar-refractivity contribution in [3.05, 3.63) is 59.2 Å². The lowest BCUT2D eigenvalue weighted by Gasteiger charge is -2.01. The first kappa shape index (κ1) is 10.8. The summed E-state index contributed by atoms with van der Waals surface area (Å²) < 4.78 is 0. The molecule has 0 aromatic carbocycles. The second-order valence-corrected chi connectivity index (χ2v) is 3.56. The van der Waals surface area contributed by atoms with Crippen LogP contribution in [0.4, 0.5) is 0 Å². The zero-order chi connectivity index (χ0) is 12.1. The van der Waals surface area contributed by atoms with E-state index in [9.17, 15) is 0 Å². The number of nitrogens with zero attached hydrogens (tertiary/aromatic N) is 4. The Morgan fingerprint density at radius 3 is 1.71 bits per heavy atom. The Labute approximate surface area is 98.8 Å². The number of aromatic nitrogens is 2. The molecule has 4 heteroatoms. The molecule has 17 heavy (non-hydrogen) atoms. The van der Waals surface area contributed by atoms with Gasteiger partial charge in [0.2, 0.25) is 0 Å². The molecule has 0 saturated heterocycles. The predicted octanol–water partition coefficient (Wildman–Crippen LogP) is 1.81. The van der Waals surface area contributed by atoms with Gasteiger partial charge in [0.05, 0.1) is 11.1 Å². The Kier molecular flexibility index (Phi) is 3.09. The molecule has 0 aliphatic heterocycles. The first-order valence-electron chi connectivity index (χ1n) is 5.00. The average molecular weight is 220 g/mol. The molecular weight excluding hydrogens is 212 g/mol. The molecule has 2 heterocycles. The number of hydrogen-bond donors (Lipinski definition) is 0. The van der Waals surface area contributed by atoms with Gasteiger partial charge in [-0.1, -0.05) is 0 Å². The minimum absolute atomic E-state index is 0.534. The van der Waals surface area contributed by atoms with E-state index in [2.05, 4.69) is 9.97 Å². The lowest BCUT2D eigenvalue weighted by Crippen LogP contribution is -1.92. The SMILES string of the molecule is N#Cc1cncc(Cc2cncc(C#N)c2)c1. The summed E-state index contributed by atoms with van der Waals surface area (Å²) >= 11 is 0. The number of pyridine rings is 2. The Morgan fingerprint density at radius 2 is 1.29 bits per heavy atom. The Bertz CT molecular complexity index is 564. The standard InChI is InChI=1S/C13H8N4/c14-4-12-2-10(6-16-8-12)1-11-3-13(5-15)9-17-7-11/h2-3,6-9H,1H2. The monoisotopic (exact) mass is 220 g/mol. The van der Waals surface area contributed by atoms with E-state index in [4.69, 9.17) is 10.5 Å². The third-order valence-electron chi connectivity index (χ3n) is 2.26. The molecular formula is C13H8N4. The van der Waals surface area contributed by atoms with Crippen molar-refractivity contribution in [1.82, 2.24) is 9.97 Å². The van der Waals surface area contributed by atoms with Gasteiger partial charge in [0.15, 0.2) is 0 Å². The van der Waals surface area contributed by atoms with Crippen LogP contribution in [0.5, 0.6) is 0 Å². The number of rotatable bonds is 2. The third kappa shape index (κ3) is 2.64. The molecule has 2 aromatic heterocycles. The lowest BCUT2D eigenvalue weighted by atomic mass is 10.1. The van der Waals surface area contributed by atoms with E-state index in [-0.39, 0.29) is 0 Å². The van der Waals surface area contributed by atoms with E-state index < -0.39 is 0 Å². The quantitative estimate of drug-likeness (QED) is 0.773. The van der Waals surface area contributed by atoms with Gasteiger partial charge in [0.1, 0.15) is 12.1 Å². The second kappa shape index (κ2) is 4.87. The Balaban J connectivity index is 2.26. The molecule has 0 bridgehead atoms. The van der Waals surface area contributed by atoms with Crippen LogP contribution in [0.3, 0.4) is 0 Å². The molecule has 2 rings (SSSR count). The van der Waals surface area contributed by atoms with Gasteiger partial charge >= 0.3 is 0 Å². The van der Waals surface area contributed by atoms with Gasteiger partial charge in [-0.15, -0.1) is 0 Å². The first-order chi connectivity index (χ1) is 8.31. The molecule has 0 atom stereocenters. The van der Waals surface area contributed by atoms with Gasteiger partial charge in [-0.3, -0.25) is 9.97 Å². The van der Waals surface area contributed by atoms with Crippen molar-refractivity contribution in [3.63, 3.8) is 0 Å². The van der Waals surface area contributed by atoms with Crippen molar-refractivity contribution in [2.75, 3.05) is 0 Å². The molecule has 0 aliphatic rings. The molecule has 0 unspecified atom stereocenters. The zero-order valence-electron chi connectivity index (χ0n) is 8.96. The Morgan fingerprint density at radius 1 is 0.824 bits per heavy atom. The van der Waals surface area contributed by atoms with Gasteiger partial charge in [-0.25, -0.2) is 0 Å². The van der Waals surface area contributed by atoms with E-state index >= 15 is 0 Å². The van der Waals surface area contributed by atoms with Crippen LogP contribution in [0, 0.1) is 22.7 Å². The van der Waals surface area contributed by atoms with E-state index in [1.165, 1.54) is 12.4 Å². The summed E-state index contributed by atoms with van der Waals surface area (Å²) in [4.78, 5) is 7.97. The molecule has 0 N–H and O–H groups in total. The summed E-state index contributed by atoms with van der Waals surface area (Å²) in [5.74, 6) is 0. The molecule has 80 valence electrons. The van der Waals surface area contributed by atoms with Gasteiger partial charge < -0.3 is 0 Å². The number of nitriles is 2. The second-order valence-electron chi connectivity index (χ2n) is 3.56. The van der Waals surface area contributed by atoms with Crippen LogP contribution in [-0.4, -0.2) is 9.97 Å². The fourth-order valence-corrected chi connectivity index (χ4v) is 1.53. The largest absolute Gasteiger partial charge is 0.263 e. The highest BCUT2D eigenvalue weighted by molar-refractivity contribution is 5.34. The summed E-state index contributed by atoms with van der Waals surface area (Å²) in [6, 6.07) is 7.66. The maximum atomic E-state index is 8.76. The van der Waals surface area contributed by atoms with Gasteiger partial charge in [-0.05, 0) is 23.3 Å². The van der Waals surface area contributed by atoms with Crippen LogP contribution >= 0.6 is 0 Å². The van der Waals surface area contributed by atoms with Crippen LogP contribution in [0.2, 0.25) is 0 Å². The zero-order valence-corrected chi connectivity index (χ0v) is 8.96. The smallest absolute Gasteiger partial charge is 0.101 e. The summed E-state index contributed by atoms with van der Waals surface area (Å²) in [5.41, 5.74) is 2.93. The van der Waals surface area contributed by atoms with Crippen LogP contribution in [0.25, 0.3) is 0 Å². The topological polar surface area (TPSA) is 73.4 Å². The van der Waals surface area contributed by atoms with E-state index in [1.807, 2.05) is 12.1 Å². The fraction of sp³-hybridized carbons (Fsp3) is 0.0769. The minimum Gasteiger partial charge on any atom is -0.263 e. The minimum atomic E-state index is 0.534. The summed E-state index contributed by atoms with van der Waals surface area (Å²) in [6.45, 7) is 0. The van der Waals surface area contributed by atoms with Gasteiger partial charge in [0.25, 0.3) is 0 Å².